The molecule has 0 fully saturated rings. The van der Waals surface area contributed by atoms with Crippen LogP contribution in [0.25, 0.3) is 0 Å². The first-order chi connectivity index (χ1) is 11.7. The first-order valence-corrected chi connectivity index (χ1v) is 8.77. The zero-order chi connectivity index (χ0) is 17.4. The number of rotatable bonds is 8. The summed E-state index contributed by atoms with van der Waals surface area (Å²) in [6.07, 6.45) is 1.60. The highest BCUT2D eigenvalue weighted by atomic mass is 16.7. The first-order valence-electron chi connectivity index (χ1n) is 8.77. The zero-order valence-corrected chi connectivity index (χ0v) is 14.9. The molecule has 0 atom stereocenters. The lowest BCUT2D eigenvalue weighted by Crippen LogP contribution is -2.42. The van der Waals surface area contributed by atoms with Gasteiger partial charge in [-0.15, -0.1) is 5.06 Å². The lowest BCUT2D eigenvalue weighted by molar-refractivity contribution is -0.194. The smallest absolute Gasteiger partial charge is 0.339 e. The van der Waals surface area contributed by atoms with Crippen LogP contribution < -0.4 is 0 Å². The highest BCUT2D eigenvalue weighted by molar-refractivity contribution is 5.87. The van der Waals surface area contributed by atoms with E-state index in [0.29, 0.717) is 19.5 Å². The fourth-order valence-corrected chi connectivity index (χ4v) is 3.16. The summed E-state index contributed by atoms with van der Waals surface area (Å²) < 4.78 is 0. The van der Waals surface area contributed by atoms with Crippen LogP contribution in [0, 0.1) is 0 Å². The summed E-state index contributed by atoms with van der Waals surface area (Å²) in [5, 5.41) is 1.71. The topological polar surface area (TPSA) is 29.5 Å². The van der Waals surface area contributed by atoms with Gasteiger partial charge in [-0.1, -0.05) is 74.0 Å². The van der Waals surface area contributed by atoms with E-state index in [9.17, 15) is 4.79 Å². The molecule has 0 aromatic heterocycles. The molecule has 0 N–H and O–H groups in total. The van der Waals surface area contributed by atoms with E-state index in [1.807, 2.05) is 74.5 Å². The summed E-state index contributed by atoms with van der Waals surface area (Å²) in [7, 11) is 0. The van der Waals surface area contributed by atoms with Gasteiger partial charge in [0.15, 0.2) is 0 Å². The fraction of sp³-hybridized carbons (Fsp3) is 0.381. The molecule has 0 bridgehead atoms. The van der Waals surface area contributed by atoms with Crippen molar-refractivity contribution in [2.75, 3.05) is 13.1 Å². The highest BCUT2D eigenvalue weighted by Gasteiger charge is 2.43. The van der Waals surface area contributed by atoms with Crippen molar-refractivity contribution in [3.63, 3.8) is 0 Å². The molecule has 3 heteroatoms. The number of hydrogen-bond donors (Lipinski definition) is 0. The molecule has 0 radical (unpaired) electrons. The number of hydrogen-bond acceptors (Lipinski definition) is 3. The van der Waals surface area contributed by atoms with Gasteiger partial charge in [-0.25, -0.2) is 4.79 Å². The summed E-state index contributed by atoms with van der Waals surface area (Å²) >= 11 is 0. The lowest BCUT2D eigenvalue weighted by Gasteiger charge is -2.34. The normalized spacial score (nSPS) is 11.5. The third-order valence-electron chi connectivity index (χ3n) is 4.42. The fourth-order valence-electron chi connectivity index (χ4n) is 3.16. The van der Waals surface area contributed by atoms with Crippen molar-refractivity contribution in [3.8, 4) is 0 Å². The molecule has 2 aromatic carbocycles. The Morgan fingerprint density at radius 3 is 1.71 bits per heavy atom. The van der Waals surface area contributed by atoms with E-state index in [2.05, 4.69) is 6.92 Å². The van der Waals surface area contributed by atoms with Crippen LogP contribution in [0.5, 0.6) is 0 Å². The van der Waals surface area contributed by atoms with Crippen molar-refractivity contribution in [1.82, 2.24) is 5.06 Å². The number of benzene rings is 2. The van der Waals surface area contributed by atoms with Gasteiger partial charge in [0.05, 0.1) is 0 Å². The Bertz CT molecular complexity index is 581. The second-order valence-electron chi connectivity index (χ2n) is 5.88. The summed E-state index contributed by atoms with van der Waals surface area (Å²) in [6, 6.07) is 19.9. The predicted octanol–water partition coefficient (Wildman–Crippen LogP) is 4.57. The van der Waals surface area contributed by atoms with Gasteiger partial charge < -0.3 is 4.84 Å². The van der Waals surface area contributed by atoms with Crippen molar-refractivity contribution in [3.05, 3.63) is 71.8 Å². The Balaban J connectivity index is 2.56. The van der Waals surface area contributed by atoms with E-state index in [1.165, 1.54) is 0 Å². The first kappa shape index (κ1) is 18.2. The molecule has 0 amide bonds. The SMILES string of the molecule is CCCC(C(=O)ON(CC)CC)(c1ccccc1)c1ccccc1. The van der Waals surface area contributed by atoms with E-state index in [-0.39, 0.29) is 5.97 Å². The summed E-state index contributed by atoms with van der Waals surface area (Å²) in [6.45, 7) is 7.43. The maximum atomic E-state index is 13.3. The van der Waals surface area contributed by atoms with Gasteiger partial charge in [0.2, 0.25) is 0 Å². The average molecular weight is 325 g/mol. The summed E-state index contributed by atoms with van der Waals surface area (Å²) in [5.74, 6) is -0.203. The van der Waals surface area contributed by atoms with E-state index >= 15 is 0 Å². The number of hydroxylamine groups is 2. The van der Waals surface area contributed by atoms with Crippen LogP contribution in [0.1, 0.15) is 44.7 Å². The van der Waals surface area contributed by atoms with Gasteiger partial charge in [-0.2, -0.15) is 0 Å². The van der Waals surface area contributed by atoms with Crippen LogP contribution >= 0.6 is 0 Å². The van der Waals surface area contributed by atoms with Crippen LogP contribution in [0.2, 0.25) is 0 Å². The van der Waals surface area contributed by atoms with Crippen LogP contribution in [0.3, 0.4) is 0 Å². The molecule has 0 aliphatic carbocycles. The molecule has 3 nitrogen and oxygen atoms in total. The Hall–Kier alpha value is -2.13. The van der Waals surface area contributed by atoms with Gasteiger partial charge in [0.25, 0.3) is 0 Å². The van der Waals surface area contributed by atoms with Gasteiger partial charge >= 0.3 is 5.97 Å². The quantitative estimate of drug-likeness (QED) is 0.666. The third kappa shape index (κ3) is 3.68. The average Bonchev–Trinajstić information content (AvgIpc) is 2.65. The number of carbonyl (C=O) groups excluding carboxylic acids is 1. The minimum atomic E-state index is -0.778. The number of nitrogens with zero attached hydrogens (tertiary/aromatic N) is 1. The van der Waals surface area contributed by atoms with Crippen molar-refractivity contribution < 1.29 is 9.63 Å². The van der Waals surface area contributed by atoms with Crippen LogP contribution in [0.4, 0.5) is 0 Å². The molecular formula is C21H27NO2. The maximum Gasteiger partial charge on any atom is 0.339 e. The number of carbonyl (C=O) groups is 1. The second-order valence-corrected chi connectivity index (χ2v) is 5.88. The molecule has 0 saturated carbocycles. The van der Waals surface area contributed by atoms with Crippen LogP contribution in [0.15, 0.2) is 60.7 Å². The van der Waals surface area contributed by atoms with Gasteiger partial charge in [0.1, 0.15) is 5.41 Å². The Kier molecular flexibility index (Phi) is 6.56. The van der Waals surface area contributed by atoms with Gasteiger partial charge in [-0.3, -0.25) is 0 Å². The van der Waals surface area contributed by atoms with Crippen molar-refractivity contribution >= 4 is 5.97 Å². The largest absolute Gasteiger partial charge is 0.367 e. The van der Waals surface area contributed by atoms with Gasteiger partial charge in [-0.05, 0) is 31.4 Å². The molecule has 2 rings (SSSR count). The van der Waals surface area contributed by atoms with Crippen molar-refractivity contribution in [1.29, 1.82) is 0 Å². The Labute approximate surface area is 145 Å². The Morgan fingerprint density at radius 1 is 0.875 bits per heavy atom. The standard InChI is InChI=1S/C21H27NO2/c1-4-17-21(18-13-9-7-10-14-18,19-15-11-8-12-16-19)20(23)24-22(5-2)6-3/h7-16H,4-6,17H2,1-3H3. The molecule has 128 valence electrons. The molecule has 0 spiro atoms. The summed E-state index contributed by atoms with van der Waals surface area (Å²) in [5.41, 5.74) is 1.19. The molecule has 24 heavy (non-hydrogen) atoms. The monoisotopic (exact) mass is 325 g/mol. The molecule has 0 unspecified atom stereocenters. The van der Waals surface area contributed by atoms with Crippen molar-refractivity contribution in [2.45, 2.75) is 39.0 Å². The zero-order valence-electron chi connectivity index (χ0n) is 14.9. The van der Waals surface area contributed by atoms with E-state index in [4.69, 9.17) is 4.84 Å². The minimum Gasteiger partial charge on any atom is -0.367 e. The van der Waals surface area contributed by atoms with Crippen LogP contribution in [-0.2, 0) is 15.0 Å². The predicted molar refractivity (Wildman–Crippen MR) is 97.6 cm³/mol. The molecule has 0 saturated heterocycles. The van der Waals surface area contributed by atoms with Crippen molar-refractivity contribution in [2.24, 2.45) is 0 Å². The van der Waals surface area contributed by atoms with E-state index in [0.717, 1.165) is 17.5 Å². The van der Waals surface area contributed by atoms with E-state index in [1.54, 1.807) is 5.06 Å². The highest BCUT2D eigenvalue weighted by Crippen LogP contribution is 2.38. The minimum absolute atomic E-state index is 0.203. The van der Waals surface area contributed by atoms with Gasteiger partial charge in [0, 0.05) is 13.1 Å². The summed E-state index contributed by atoms with van der Waals surface area (Å²) in [4.78, 5) is 19.1. The lowest BCUT2D eigenvalue weighted by atomic mass is 9.71. The van der Waals surface area contributed by atoms with E-state index < -0.39 is 5.41 Å². The molecule has 0 aliphatic rings. The maximum absolute atomic E-state index is 13.3. The Morgan fingerprint density at radius 2 is 1.33 bits per heavy atom. The third-order valence-corrected chi connectivity index (χ3v) is 4.42. The van der Waals surface area contributed by atoms with Crippen LogP contribution in [-0.4, -0.2) is 24.1 Å². The molecule has 0 heterocycles. The molecule has 0 aliphatic heterocycles. The second kappa shape index (κ2) is 8.65. The molecule has 2 aromatic rings. The molecular weight excluding hydrogens is 298 g/mol.